The zero-order chi connectivity index (χ0) is 20.6. The van der Waals surface area contributed by atoms with Crippen molar-refractivity contribution in [3.05, 3.63) is 29.6 Å². The third-order valence-corrected chi connectivity index (χ3v) is 4.11. The van der Waals surface area contributed by atoms with E-state index in [1.165, 1.54) is 19.2 Å². The molecule has 0 saturated carbocycles. The number of amides is 2. The zero-order valence-electron chi connectivity index (χ0n) is 16.3. The number of nitrogens with two attached hydrogens (primary N) is 1. The van der Waals surface area contributed by atoms with E-state index in [9.17, 15) is 19.1 Å². The summed E-state index contributed by atoms with van der Waals surface area (Å²) in [7, 11) is 1.42. The lowest BCUT2D eigenvalue weighted by Gasteiger charge is -2.24. The zero-order valence-corrected chi connectivity index (χ0v) is 16.3. The summed E-state index contributed by atoms with van der Waals surface area (Å²) in [5.74, 6) is -0.975. The van der Waals surface area contributed by atoms with Crippen LogP contribution in [-0.4, -0.2) is 42.2 Å². The Hall–Kier alpha value is -2.19. The molecule has 1 rings (SSSR count). The minimum atomic E-state index is -1.44. The maximum absolute atomic E-state index is 13.5. The average Bonchev–Trinajstić information content (AvgIpc) is 2.62. The van der Waals surface area contributed by atoms with Crippen molar-refractivity contribution in [1.29, 1.82) is 0 Å². The van der Waals surface area contributed by atoms with Crippen molar-refractivity contribution in [1.82, 2.24) is 10.6 Å². The lowest BCUT2D eigenvalue weighted by atomic mass is 10.0. The number of carbonyl (C=O) groups excluding carboxylic acids is 2. The molecular formula is C19H30FN3O4. The van der Waals surface area contributed by atoms with Gasteiger partial charge in [0.25, 0.3) is 5.91 Å². The Morgan fingerprint density at radius 1 is 1.26 bits per heavy atom. The van der Waals surface area contributed by atoms with Gasteiger partial charge in [0.1, 0.15) is 11.6 Å². The van der Waals surface area contributed by atoms with Crippen LogP contribution in [-0.2, 0) is 16.1 Å². The molecule has 0 saturated heterocycles. The van der Waals surface area contributed by atoms with Crippen LogP contribution in [0.4, 0.5) is 4.39 Å². The van der Waals surface area contributed by atoms with E-state index in [1.54, 1.807) is 13.0 Å². The molecule has 0 heterocycles. The third kappa shape index (κ3) is 7.52. The molecule has 0 aliphatic heterocycles. The van der Waals surface area contributed by atoms with E-state index < -0.39 is 35.8 Å². The first-order chi connectivity index (χ1) is 12.7. The van der Waals surface area contributed by atoms with Gasteiger partial charge in [0, 0.05) is 12.6 Å². The van der Waals surface area contributed by atoms with Gasteiger partial charge in [-0.15, -0.1) is 0 Å². The number of hydrogen-bond acceptors (Lipinski definition) is 5. The fourth-order valence-electron chi connectivity index (χ4n) is 2.63. The molecule has 2 amide bonds. The molecule has 0 radical (unpaired) electrons. The standard InChI is InChI=1S/C19H30FN3O4/c1-5-16(23-18(25)15(21)6-11(2)3)17(24)19(26)22-10-12-7-13(20)9-14(8-12)27-4/h7-9,11,15-17,24H,5-6,10,21H2,1-4H3,(H,22,26)(H,23,25). The largest absolute Gasteiger partial charge is 0.497 e. The van der Waals surface area contributed by atoms with Crippen molar-refractivity contribution < 1.29 is 23.8 Å². The molecule has 1 aromatic rings. The molecule has 0 aromatic heterocycles. The Morgan fingerprint density at radius 3 is 2.48 bits per heavy atom. The maximum atomic E-state index is 13.5. The highest BCUT2D eigenvalue weighted by Gasteiger charge is 2.28. The number of aliphatic hydroxyl groups excluding tert-OH is 1. The van der Waals surface area contributed by atoms with E-state index >= 15 is 0 Å². The summed E-state index contributed by atoms with van der Waals surface area (Å²) in [4.78, 5) is 24.3. The van der Waals surface area contributed by atoms with Crippen LogP contribution >= 0.6 is 0 Å². The van der Waals surface area contributed by atoms with Crippen LogP contribution in [0, 0.1) is 11.7 Å². The maximum Gasteiger partial charge on any atom is 0.251 e. The molecule has 152 valence electrons. The Labute approximate surface area is 159 Å². The number of carbonyl (C=O) groups is 2. The van der Waals surface area contributed by atoms with E-state index in [4.69, 9.17) is 10.5 Å². The molecule has 8 heteroatoms. The minimum Gasteiger partial charge on any atom is -0.497 e. The van der Waals surface area contributed by atoms with Gasteiger partial charge in [0.15, 0.2) is 6.10 Å². The van der Waals surface area contributed by atoms with E-state index in [0.717, 1.165) is 0 Å². The summed E-state index contributed by atoms with van der Waals surface area (Å²) in [6.07, 6.45) is -0.588. The first kappa shape index (κ1) is 22.9. The third-order valence-electron chi connectivity index (χ3n) is 4.11. The second kappa shape index (κ2) is 10.8. The van der Waals surface area contributed by atoms with E-state index in [2.05, 4.69) is 10.6 Å². The van der Waals surface area contributed by atoms with Crippen LogP contribution in [0.5, 0.6) is 5.75 Å². The summed E-state index contributed by atoms with van der Waals surface area (Å²) in [6, 6.07) is 2.61. The van der Waals surface area contributed by atoms with Crippen molar-refractivity contribution in [2.75, 3.05) is 7.11 Å². The highest BCUT2D eigenvalue weighted by Crippen LogP contribution is 2.16. The van der Waals surface area contributed by atoms with Crippen molar-refractivity contribution >= 4 is 11.8 Å². The number of ether oxygens (including phenoxy) is 1. The highest BCUT2D eigenvalue weighted by atomic mass is 19.1. The van der Waals surface area contributed by atoms with Crippen LogP contribution in [0.25, 0.3) is 0 Å². The second-order valence-corrected chi connectivity index (χ2v) is 6.92. The van der Waals surface area contributed by atoms with Crippen LogP contribution in [0.15, 0.2) is 18.2 Å². The van der Waals surface area contributed by atoms with Crippen molar-refractivity contribution in [3.8, 4) is 5.75 Å². The molecule has 7 nitrogen and oxygen atoms in total. The molecule has 27 heavy (non-hydrogen) atoms. The van der Waals surface area contributed by atoms with Gasteiger partial charge < -0.3 is 26.2 Å². The van der Waals surface area contributed by atoms with Gasteiger partial charge in [-0.05, 0) is 36.5 Å². The topological polar surface area (TPSA) is 114 Å². The van der Waals surface area contributed by atoms with Gasteiger partial charge in [-0.3, -0.25) is 9.59 Å². The Balaban J connectivity index is 2.64. The lowest BCUT2D eigenvalue weighted by molar-refractivity contribution is -0.132. The van der Waals surface area contributed by atoms with Gasteiger partial charge in [-0.2, -0.15) is 0 Å². The quantitative estimate of drug-likeness (QED) is 0.483. The van der Waals surface area contributed by atoms with E-state index in [0.29, 0.717) is 24.2 Å². The molecule has 1 aromatic carbocycles. The summed E-state index contributed by atoms with van der Waals surface area (Å²) >= 11 is 0. The number of aliphatic hydroxyl groups is 1. The molecule has 0 bridgehead atoms. The fraction of sp³-hybridized carbons (Fsp3) is 0.579. The van der Waals surface area contributed by atoms with Crippen molar-refractivity contribution in [2.24, 2.45) is 11.7 Å². The Morgan fingerprint density at radius 2 is 1.93 bits per heavy atom. The van der Waals surface area contributed by atoms with Crippen molar-refractivity contribution in [3.63, 3.8) is 0 Å². The molecular weight excluding hydrogens is 353 g/mol. The number of hydrogen-bond donors (Lipinski definition) is 4. The number of rotatable bonds is 10. The molecule has 5 N–H and O–H groups in total. The summed E-state index contributed by atoms with van der Waals surface area (Å²) in [5.41, 5.74) is 6.32. The fourth-order valence-corrected chi connectivity index (χ4v) is 2.63. The number of methoxy groups -OCH3 is 1. The van der Waals surface area contributed by atoms with E-state index in [1.807, 2.05) is 13.8 Å². The van der Waals surface area contributed by atoms with Crippen molar-refractivity contribution in [2.45, 2.75) is 58.3 Å². The summed E-state index contributed by atoms with van der Waals surface area (Å²) in [6.45, 7) is 5.66. The molecule has 0 spiro atoms. The monoisotopic (exact) mass is 383 g/mol. The highest BCUT2D eigenvalue weighted by molar-refractivity contribution is 5.85. The summed E-state index contributed by atoms with van der Waals surface area (Å²) in [5, 5.41) is 15.4. The predicted molar refractivity (Wildman–Crippen MR) is 100 cm³/mol. The molecule has 0 aliphatic rings. The van der Waals surface area contributed by atoms with Crippen LogP contribution in [0.2, 0.25) is 0 Å². The van der Waals surface area contributed by atoms with Gasteiger partial charge in [-0.1, -0.05) is 20.8 Å². The molecule has 0 fully saturated rings. The molecule has 0 aliphatic carbocycles. The average molecular weight is 383 g/mol. The smallest absolute Gasteiger partial charge is 0.251 e. The SMILES string of the molecule is CCC(NC(=O)C(N)CC(C)C)C(O)C(=O)NCc1cc(F)cc(OC)c1. The number of benzene rings is 1. The van der Waals surface area contributed by atoms with Crippen LogP contribution in [0.1, 0.15) is 39.2 Å². The summed E-state index contributed by atoms with van der Waals surface area (Å²) < 4.78 is 18.5. The number of halogens is 1. The van der Waals surface area contributed by atoms with Crippen LogP contribution < -0.4 is 21.1 Å². The van der Waals surface area contributed by atoms with Gasteiger partial charge in [0.05, 0.1) is 19.2 Å². The van der Waals surface area contributed by atoms with E-state index in [-0.39, 0.29) is 12.5 Å². The minimum absolute atomic E-state index is 0.0151. The van der Waals surface area contributed by atoms with Crippen LogP contribution in [0.3, 0.4) is 0 Å². The van der Waals surface area contributed by atoms with Gasteiger partial charge in [-0.25, -0.2) is 4.39 Å². The molecule has 3 unspecified atom stereocenters. The van der Waals surface area contributed by atoms with Gasteiger partial charge >= 0.3 is 0 Å². The normalized spacial score (nSPS) is 14.4. The lowest BCUT2D eigenvalue weighted by Crippen LogP contribution is -2.53. The molecule has 3 atom stereocenters. The van der Waals surface area contributed by atoms with Gasteiger partial charge in [0.2, 0.25) is 5.91 Å². The number of nitrogens with one attached hydrogen (secondary N) is 2. The predicted octanol–water partition coefficient (Wildman–Crippen LogP) is 1.08. The Kier molecular flexibility index (Phi) is 9.17. The second-order valence-electron chi connectivity index (χ2n) is 6.92. The Bertz CT molecular complexity index is 639. The first-order valence-corrected chi connectivity index (χ1v) is 9.03. The first-order valence-electron chi connectivity index (χ1n) is 9.03.